The molecule has 0 aliphatic carbocycles. The van der Waals surface area contributed by atoms with E-state index >= 15 is 0 Å². The zero-order chi connectivity index (χ0) is 39.6. The summed E-state index contributed by atoms with van der Waals surface area (Å²) in [5.41, 5.74) is 12.0. The van der Waals surface area contributed by atoms with Gasteiger partial charge >= 0.3 is 0 Å². The normalized spacial score (nSPS) is 11.7. The van der Waals surface area contributed by atoms with Gasteiger partial charge in [-0.2, -0.15) is 0 Å². The van der Waals surface area contributed by atoms with Gasteiger partial charge in [-0.15, -0.1) is 0 Å². The van der Waals surface area contributed by atoms with Crippen LogP contribution in [0, 0.1) is 0 Å². The molecule has 3 heterocycles. The molecular formula is C55H34N4O. The van der Waals surface area contributed by atoms with Gasteiger partial charge in [-0.05, 0) is 69.9 Å². The molecule has 0 amide bonds. The second-order valence-electron chi connectivity index (χ2n) is 15.2. The predicted octanol–water partition coefficient (Wildman–Crippen LogP) is 14.4. The van der Waals surface area contributed by atoms with Gasteiger partial charge in [0.15, 0.2) is 17.5 Å². The molecule has 0 aliphatic rings. The van der Waals surface area contributed by atoms with E-state index in [9.17, 15) is 0 Å². The van der Waals surface area contributed by atoms with Crippen molar-refractivity contribution >= 4 is 54.5 Å². The van der Waals surface area contributed by atoms with Crippen molar-refractivity contribution in [2.45, 2.75) is 0 Å². The van der Waals surface area contributed by atoms with Crippen LogP contribution in [0.3, 0.4) is 0 Å². The summed E-state index contributed by atoms with van der Waals surface area (Å²) < 4.78 is 9.43. The highest BCUT2D eigenvalue weighted by Gasteiger charge is 2.24. The van der Waals surface area contributed by atoms with Crippen molar-refractivity contribution in [2.24, 2.45) is 0 Å². The van der Waals surface area contributed by atoms with Crippen LogP contribution in [0.1, 0.15) is 0 Å². The first-order chi connectivity index (χ1) is 29.7. The number of aromatic nitrogens is 4. The average molecular weight is 767 g/mol. The maximum absolute atomic E-state index is 7.03. The Morgan fingerprint density at radius 2 is 0.983 bits per heavy atom. The molecule has 0 fully saturated rings. The van der Waals surface area contributed by atoms with Gasteiger partial charge in [0, 0.05) is 38.4 Å². The first kappa shape index (κ1) is 33.9. The third-order valence-corrected chi connectivity index (χ3v) is 11.6. The molecule has 0 bridgehead atoms. The lowest BCUT2D eigenvalue weighted by atomic mass is 9.98. The van der Waals surface area contributed by atoms with E-state index in [-0.39, 0.29) is 0 Å². The number of hydrogen-bond donors (Lipinski definition) is 0. The molecule has 0 spiro atoms. The Labute approximate surface area is 345 Å². The Morgan fingerprint density at radius 3 is 1.78 bits per heavy atom. The summed E-state index contributed by atoms with van der Waals surface area (Å²) in [5, 5.41) is 6.60. The second kappa shape index (κ2) is 13.8. The van der Waals surface area contributed by atoms with Crippen molar-refractivity contribution in [2.75, 3.05) is 0 Å². The number of fused-ring (bicyclic) bond motifs is 7. The highest BCUT2D eigenvalue weighted by molar-refractivity contribution is 6.20. The monoisotopic (exact) mass is 766 g/mol. The van der Waals surface area contributed by atoms with Gasteiger partial charge in [0.1, 0.15) is 11.2 Å². The molecule has 0 N–H and O–H groups in total. The van der Waals surface area contributed by atoms with Crippen molar-refractivity contribution in [3.05, 3.63) is 206 Å². The highest BCUT2D eigenvalue weighted by Crippen LogP contribution is 2.45. The average Bonchev–Trinajstić information content (AvgIpc) is 3.88. The molecule has 12 aromatic rings. The van der Waals surface area contributed by atoms with Crippen LogP contribution in [-0.2, 0) is 0 Å². The summed E-state index contributed by atoms with van der Waals surface area (Å²) in [6.07, 6.45) is 0. The van der Waals surface area contributed by atoms with Crippen LogP contribution in [0.15, 0.2) is 211 Å². The number of furan rings is 1. The molecule has 0 radical (unpaired) electrons. The van der Waals surface area contributed by atoms with Crippen LogP contribution in [0.5, 0.6) is 0 Å². The minimum absolute atomic E-state index is 0.575. The number of nitrogens with zero attached hydrogens (tertiary/aromatic N) is 4. The summed E-state index contributed by atoms with van der Waals surface area (Å²) in [5.74, 6) is 1.79. The maximum Gasteiger partial charge on any atom is 0.164 e. The van der Waals surface area contributed by atoms with Gasteiger partial charge in [0.25, 0.3) is 0 Å². The fraction of sp³-hybridized carbons (Fsp3) is 0. The van der Waals surface area contributed by atoms with Crippen LogP contribution in [0.4, 0.5) is 0 Å². The molecular weight excluding hydrogens is 733 g/mol. The molecule has 9 aromatic carbocycles. The lowest BCUT2D eigenvalue weighted by Crippen LogP contribution is -2.01. The third-order valence-electron chi connectivity index (χ3n) is 11.6. The zero-order valence-corrected chi connectivity index (χ0v) is 32.3. The van der Waals surface area contributed by atoms with Gasteiger partial charge in [-0.3, -0.25) is 0 Å². The van der Waals surface area contributed by atoms with E-state index in [0.717, 1.165) is 77.2 Å². The summed E-state index contributed by atoms with van der Waals surface area (Å²) in [7, 11) is 0. The van der Waals surface area contributed by atoms with Gasteiger partial charge < -0.3 is 8.98 Å². The molecule has 280 valence electrons. The fourth-order valence-corrected chi connectivity index (χ4v) is 8.83. The summed E-state index contributed by atoms with van der Waals surface area (Å²) >= 11 is 0. The molecule has 60 heavy (non-hydrogen) atoms. The molecule has 12 rings (SSSR count). The molecule has 0 saturated carbocycles. The van der Waals surface area contributed by atoms with E-state index in [4.69, 9.17) is 19.4 Å². The Balaban J connectivity index is 1.17. The fourth-order valence-electron chi connectivity index (χ4n) is 8.83. The Kier molecular flexibility index (Phi) is 7.78. The van der Waals surface area contributed by atoms with Gasteiger partial charge in [0.2, 0.25) is 0 Å². The van der Waals surface area contributed by atoms with Crippen molar-refractivity contribution < 1.29 is 4.42 Å². The minimum Gasteiger partial charge on any atom is -0.455 e. The van der Waals surface area contributed by atoms with Crippen LogP contribution < -0.4 is 0 Å². The first-order valence-corrected chi connectivity index (χ1v) is 20.2. The first-order valence-electron chi connectivity index (χ1n) is 20.2. The van der Waals surface area contributed by atoms with Gasteiger partial charge in [-0.1, -0.05) is 164 Å². The molecule has 0 atom stereocenters. The topological polar surface area (TPSA) is 56.7 Å². The molecule has 0 saturated heterocycles. The van der Waals surface area contributed by atoms with E-state index in [1.54, 1.807) is 0 Å². The third kappa shape index (κ3) is 5.52. The molecule has 5 heteroatoms. The lowest BCUT2D eigenvalue weighted by Gasteiger charge is -2.13. The van der Waals surface area contributed by atoms with E-state index in [2.05, 4.69) is 168 Å². The number of hydrogen-bond acceptors (Lipinski definition) is 4. The van der Waals surface area contributed by atoms with E-state index in [0.29, 0.717) is 17.5 Å². The molecule has 3 aromatic heterocycles. The summed E-state index contributed by atoms with van der Waals surface area (Å²) in [6, 6.07) is 72.1. The van der Waals surface area contributed by atoms with E-state index in [1.807, 2.05) is 42.5 Å². The lowest BCUT2D eigenvalue weighted by molar-refractivity contribution is 0.670. The van der Waals surface area contributed by atoms with Crippen LogP contribution in [-0.4, -0.2) is 19.5 Å². The molecule has 5 nitrogen and oxygen atoms in total. The molecule has 0 aliphatic heterocycles. The summed E-state index contributed by atoms with van der Waals surface area (Å²) in [6.45, 7) is 0. The molecule has 0 unspecified atom stereocenters. The largest absolute Gasteiger partial charge is 0.455 e. The number of benzene rings is 9. The number of rotatable bonds is 6. The summed E-state index contributed by atoms with van der Waals surface area (Å²) in [4.78, 5) is 15.6. The van der Waals surface area contributed by atoms with Crippen LogP contribution in [0.2, 0.25) is 0 Å². The van der Waals surface area contributed by atoms with Gasteiger partial charge in [-0.25, -0.2) is 15.0 Å². The Morgan fingerprint density at radius 1 is 0.350 bits per heavy atom. The van der Waals surface area contributed by atoms with Gasteiger partial charge in [0.05, 0.1) is 22.1 Å². The minimum atomic E-state index is 0.575. The Hall–Kier alpha value is -8.15. The predicted molar refractivity (Wildman–Crippen MR) is 246 cm³/mol. The highest BCUT2D eigenvalue weighted by atomic mass is 16.3. The van der Waals surface area contributed by atoms with Crippen LogP contribution in [0.25, 0.3) is 117 Å². The SMILES string of the molecule is c1ccc(-c2ccc3c(c2)c2ccccc2n3-c2ccc(-c3ccccc3)c3oc4cccc(-c5nc(-c6ccccc6)nc(-c6ccc7ccccc7c6)n5)c4c23)cc1. The second-order valence-corrected chi connectivity index (χ2v) is 15.2. The quantitative estimate of drug-likeness (QED) is 0.169. The van der Waals surface area contributed by atoms with Crippen molar-refractivity contribution in [3.63, 3.8) is 0 Å². The number of para-hydroxylation sites is 1. The van der Waals surface area contributed by atoms with Crippen molar-refractivity contribution in [1.82, 2.24) is 19.5 Å². The smallest absolute Gasteiger partial charge is 0.164 e. The van der Waals surface area contributed by atoms with E-state index in [1.165, 1.54) is 21.9 Å². The van der Waals surface area contributed by atoms with Crippen molar-refractivity contribution in [3.8, 4) is 62.1 Å². The zero-order valence-electron chi connectivity index (χ0n) is 32.3. The standard InChI is InChI=1S/C55H34N4O/c1-4-15-35(16-5-1)40-29-31-47-45(34-40)43-23-12-13-25-46(43)59(47)48-32-30-42(37-18-6-2-7-19-37)52-51(48)50-44(24-14-26-49(50)60-52)55-57-53(38-20-8-3-9-21-38)56-54(58-55)41-28-27-36-17-10-11-22-39(36)33-41/h1-34H. The van der Waals surface area contributed by atoms with Crippen LogP contribution >= 0.6 is 0 Å². The van der Waals surface area contributed by atoms with Crippen molar-refractivity contribution in [1.29, 1.82) is 0 Å². The maximum atomic E-state index is 7.03. The van der Waals surface area contributed by atoms with E-state index < -0.39 is 0 Å². The Bertz CT molecular complexity index is 3590.